The zero-order valence-electron chi connectivity index (χ0n) is 14.6. The third-order valence-electron chi connectivity index (χ3n) is 8.92. The number of ether oxygens (including phenoxy) is 1. The van der Waals surface area contributed by atoms with Crippen molar-refractivity contribution in [2.45, 2.75) is 71.3 Å². The molecule has 1 saturated heterocycles. The highest BCUT2D eigenvalue weighted by molar-refractivity contribution is 5.92. The Morgan fingerprint density at radius 1 is 1.22 bits per heavy atom. The van der Waals surface area contributed by atoms with E-state index in [2.05, 4.69) is 13.8 Å². The van der Waals surface area contributed by atoms with Gasteiger partial charge in [-0.2, -0.15) is 0 Å². The summed E-state index contributed by atoms with van der Waals surface area (Å²) in [6.45, 7) is 5.90. The second-order valence-electron chi connectivity index (χ2n) is 9.36. The van der Waals surface area contributed by atoms with Gasteiger partial charge < -0.3 is 4.74 Å². The SMILES string of the molecule is CC[C@H]1CCC2C3CC4OC[C@@]5(CCC(=O)C=C45)C3CC[C@@]21C. The fourth-order valence-corrected chi connectivity index (χ4v) is 7.82. The second kappa shape index (κ2) is 4.71. The summed E-state index contributed by atoms with van der Waals surface area (Å²) in [5.41, 5.74) is 2.23. The van der Waals surface area contributed by atoms with Gasteiger partial charge in [0.15, 0.2) is 5.78 Å². The molecule has 0 aromatic carbocycles. The van der Waals surface area contributed by atoms with Crippen LogP contribution >= 0.6 is 0 Å². The molecule has 4 fully saturated rings. The summed E-state index contributed by atoms with van der Waals surface area (Å²) in [5.74, 6) is 3.83. The Bertz CT molecular complexity index is 578. The van der Waals surface area contributed by atoms with Gasteiger partial charge in [-0.05, 0) is 79.3 Å². The normalized spacial score (nSPS) is 54.3. The number of fused-ring (bicyclic) bond motifs is 3. The van der Waals surface area contributed by atoms with Crippen LogP contribution in [-0.2, 0) is 9.53 Å². The van der Waals surface area contributed by atoms with E-state index >= 15 is 0 Å². The molecule has 3 saturated carbocycles. The summed E-state index contributed by atoms with van der Waals surface area (Å²) in [6, 6.07) is 0. The van der Waals surface area contributed by atoms with E-state index in [0.29, 0.717) is 11.2 Å². The molecule has 126 valence electrons. The van der Waals surface area contributed by atoms with Crippen LogP contribution in [0.3, 0.4) is 0 Å². The maximum absolute atomic E-state index is 12.0. The summed E-state index contributed by atoms with van der Waals surface area (Å²) in [5, 5.41) is 0. The zero-order valence-corrected chi connectivity index (χ0v) is 14.6. The van der Waals surface area contributed by atoms with Crippen LogP contribution in [-0.4, -0.2) is 18.5 Å². The number of carbonyl (C=O) groups is 1. The Morgan fingerprint density at radius 3 is 2.91 bits per heavy atom. The third-order valence-corrected chi connectivity index (χ3v) is 8.92. The zero-order chi connectivity index (χ0) is 15.8. The minimum absolute atomic E-state index is 0.243. The van der Waals surface area contributed by atoms with E-state index < -0.39 is 0 Å². The third kappa shape index (κ3) is 1.72. The molecule has 4 aliphatic carbocycles. The Balaban J connectivity index is 1.54. The van der Waals surface area contributed by atoms with Crippen LogP contribution in [0.25, 0.3) is 0 Å². The van der Waals surface area contributed by atoms with Crippen molar-refractivity contribution in [3.8, 4) is 0 Å². The van der Waals surface area contributed by atoms with Crippen molar-refractivity contribution in [1.29, 1.82) is 0 Å². The first-order chi connectivity index (χ1) is 11.1. The number of carbonyl (C=O) groups excluding carboxylic acids is 1. The fourth-order valence-electron chi connectivity index (χ4n) is 7.82. The predicted octanol–water partition coefficient (Wildman–Crippen LogP) is 4.53. The van der Waals surface area contributed by atoms with Crippen molar-refractivity contribution >= 4 is 5.78 Å². The van der Waals surface area contributed by atoms with Gasteiger partial charge >= 0.3 is 0 Å². The lowest BCUT2D eigenvalue weighted by molar-refractivity contribution is -0.117. The molecule has 0 spiro atoms. The van der Waals surface area contributed by atoms with E-state index in [0.717, 1.165) is 43.1 Å². The number of hydrogen-bond acceptors (Lipinski definition) is 2. The van der Waals surface area contributed by atoms with Gasteiger partial charge in [-0.25, -0.2) is 0 Å². The molecule has 1 aliphatic heterocycles. The maximum atomic E-state index is 12.0. The van der Waals surface area contributed by atoms with Gasteiger partial charge in [0.2, 0.25) is 0 Å². The second-order valence-corrected chi connectivity index (χ2v) is 9.36. The summed E-state index contributed by atoms with van der Waals surface area (Å²) >= 11 is 0. The molecular formula is C21H30O2. The van der Waals surface area contributed by atoms with Gasteiger partial charge in [0.05, 0.1) is 12.7 Å². The van der Waals surface area contributed by atoms with Crippen LogP contribution in [0.15, 0.2) is 11.6 Å². The summed E-state index contributed by atoms with van der Waals surface area (Å²) < 4.78 is 6.27. The largest absolute Gasteiger partial charge is 0.373 e. The van der Waals surface area contributed by atoms with Gasteiger partial charge in [-0.3, -0.25) is 4.79 Å². The van der Waals surface area contributed by atoms with Crippen molar-refractivity contribution in [3.05, 3.63) is 11.6 Å². The molecular weight excluding hydrogens is 284 g/mol. The molecule has 0 N–H and O–H groups in total. The van der Waals surface area contributed by atoms with Crippen LogP contribution in [0.2, 0.25) is 0 Å². The van der Waals surface area contributed by atoms with Gasteiger partial charge in [-0.15, -0.1) is 0 Å². The Hall–Kier alpha value is -0.630. The minimum Gasteiger partial charge on any atom is -0.373 e. The number of rotatable bonds is 1. The topological polar surface area (TPSA) is 26.3 Å². The van der Waals surface area contributed by atoms with Crippen molar-refractivity contribution in [2.24, 2.45) is 34.5 Å². The average molecular weight is 314 g/mol. The number of hydrogen-bond donors (Lipinski definition) is 0. The fraction of sp³-hybridized carbons (Fsp3) is 0.857. The molecule has 23 heavy (non-hydrogen) atoms. The van der Waals surface area contributed by atoms with Crippen molar-refractivity contribution in [2.75, 3.05) is 6.61 Å². The van der Waals surface area contributed by atoms with E-state index in [4.69, 9.17) is 4.74 Å². The molecule has 5 aliphatic rings. The number of ketones is 1. The molecule has 0 amide bonds. The summed E-state index contributed by atoms with van der Waals surface area (Å²) in [7, 11) is 0. The van der Waals surface area contributed by atoms with Gasteiger partial charge in [0.25, 0.3) is 0 Å². The van der Waals surface area contributed by atoms with Crippen LogP contribution in [0.5, 0.6) is 0 Å². The van der Waals surface area contributed by atoms with Crippen molar-refractivity contribution < 1.29 is 9.53 Å². The molecule has 2 bridgehead atoms. The minimum atomic E-state index is 0.243. The van der Waals surface area contributed by atoms with E-state index in [9.17, 15) is 4.79 Å². The van der Waals surface area contributed by atoms with Crippen LogP contribution in [0, 0.1) is 34.5 Å². The highest BCUT2D eigenvalue weighted by Gasteiger charge is 2.64. The summed E-state index contributed by atoms with van der Waals surface area (Å²) in [4.78, 5) is 12.0. The Morgan fingerprint density at radius 2 is 2.09 bits per heavy atom. The lowest BCUT2D eigenvalue weighted by Crippen LogP contribution is -2.52. The molecule has 2 nitrogen and oxygen atoms in total. The maximum Gasteiger partial charge on any atom is 0.155 e. The standard InChI is InChI=1S/C21H30O2/c1-3-13-4-5-16-15-11-19-18-10-14(22)6-9-21(18,12-23-19)17(15)7-8-20(13,16)2/h10,13,15-17,19H,3-9,11-12H2,1-2H3/t13-,15?,16?,17?,19?,20+,21-/m0/s1. The average Bonchev–Trinajstić information content (AvgIpc) is 3.01. The molecule has 5 rings (SSSR count). The molecule has 0 radical (unpaired) electrons. The van der Waals surface area contributed by atoms with E-state index in [-0.39, 0.29) is 11.5 Å². The molecule has 2 heteroatoms. The molecule has 0 aromatic rings. The molecule has 4 unspecified atom stereocenters. The van der Waals surface area contributed by atoms with Crippen LogP contribution < -0.4 is 0 Å². The van der Waals surface area contributed by atoms with Crippen molar-refractivity contribution in [3.63, 3.8) is 0 Å². The molecule has 1 heterocycles. The van der Waals surface area contributed by atoms with Gasteiger partial charge in [0, 0.05) is 11.8 Å². The lowest BCUT2D eigenvalue weighted by Gasteiger charge is -2.57. The highest BCUT2D eigenvalue weighted by atomic mass is 16.5. The molecule has 7 atom stereocenters. The molecule has 0 aromatic heterocycles. The van der Waals surface area contributed by atoms with Crippen LogP contribution in [0.1, 0.15) is 65.2 Å². The monoisotopic (exact) mass is 314 g/mol. The lowest BCUT2D eigenvalue weighted by atomic mass is 9.47. The quantitative estimate of drug-likeness (QED) is 0.710. The Kier molecular flexibility index (Phi) is 3.01. The van der Waals surface area contributed by atoms with Gasteiger partial charge in [0.1, 0.15) is 0 Å². The van der Waals surface area contributed by atoms with E-state index in [1.54, 1.807) is 0 Å². The van der Waals surface area contributed by atoms with Crippen LogP contribution in [0.4, 0.5) is 0 Å². The first-order valence-corrected chi connectivity index (χ1v) is 9.95. The first-order valence-electron chi connectivity index (χ1n) is 9.95. The Labute approximate surface area is 140 Å². The summed E-state index contributed by atoms with van der Waals surface area (Å²) in [6.07, 6.45) is 12.3. The van der Waals surface area contributed by atoms with Gasteiger partial charge in [-0.1, -0.05) is 20.3 Å². The van der Waals surface area contributed by atoms with E-state index in [1.165, 1.54) is 44.1 Å². The highest BCUT2D eigenvalue weighted by Crippen LogP contribution is 2.68. The van der Waals surface area contributed by atoms with Crippen molar-refractivity contribution in [1.82, 2.24) is 0 Å². The smallest absolute Gasteiger partial charge is 0.155 e. The van der Waals surface area contributed by atoms with E-state index in [1.807, 2.05) is 6.08 Å². The predicted molar refractivity (Wildman–Crippen MR) is 89.9 cm³/mol. The first kappa shape index (κ1) is 14.7.